The minimum absolute atomic E-state index is 0.00760. The van der Waals surface area contributed by atoms with Crippen molar-refractivity contribution >= 4 is 27.7 Å². The Hall–Kier alpha value is -3.23. The van der Waals surface area contributed by atoms with Gasteiger partial charge in [-0.05, 0) is 24.1 Å². The fraction of sp³-hybridized carbons (Fsp3) is 0.261. The van der Waals surface area contributed by atoms with Crippen molar-refractivity contribution in [2.24, 2.45) is 0 Å². The molecule has 0 radical (unpaired) electrons. The van der Waals surface area contributed by atoms with Gasteiger partial charge in [-0.2, -0.15) is 0 Å². The first-order chi connectivity index (χ1) is 15.1. The predicted octanol–water partition coefficient (Wildman–Crippen LogP) is 4.03. The van der Waals surface area contributed by atoms with E-state index in [0.717, 1.165) is 46.0 Å². The molecule has 1 N–H and O–H groups in total. The molecule has 1 aliphatic rings. The molecule has 0 amide bonds. The van der Waals surface area contributed by atoms with Gasteiger partial charge in [-0.1, -0.05) is 30.3 Å². The second kappa shape index (κ2) is 8.13. The zero-order valence-electron chi connectivity index (χ0n) is 16.9. The summed E-state index contributed by atoms with van der Waals surface area (Å²) in [6.07, 6.45) is 1.87. The molecule has 1 saturated heterocycles. The number of pyridine rings is 1. The number of benzene rings is 1. The van der Waals surface area contributed by atoms with Gasteiger partial charge < -0.3 is 19.1 Å². The summed E-state index contributed by atoms with van der Waals surface area (Å²) >= 11 is 1.35. The van der Waals surface area contributed by atoms with Crippen LogP contribution >= 0.6 is 11.3 Å². The molecule has 1 aromatic carbocycles. The maximum absolute atomic E-state index is 11.9. The van der Waals surface area contributed by atoms with Crippen molar-refractivity contribution in [3.63, 3.8) is 0 Å². The summed E-state index contributed by atoms with van der Waals surface area (Å²) in [5.41, 5.74) is 3.72. The third kappa shape index (κ3) is 3.92. The Labute approximate surface area is 182 Å². The molecule has 3 aromatic heterocycles. The number of methoxy groups -OCH3 is 1. The highest BCUT2D eigenvalue weighted by Crippen LogP contribution is 2.30. The standard InChI is InChI=1S/C23H21N3O4S/c1-29-23(28)19-12-18-22(31-19)25-20(26(18)13-16-9-10-30-16)11-14-5-7-15(8-6-14)17-3-2-4-21(27)24-17/h2-8,12,16H,9-11,13H2,1H3,(H,24,27). The summed E-state index contributed by atoms with van der Waals surface area (Å²) in [7, 11) is 1.39. The zero-order valence-corrected chi connectivity index (χ0v) is 17.8. The number of fused-ring (bicyclic) bond motifs is 1. The van der Waals surface area contributed by atoms with E-state index in [2.05, 4.69) is 9.55 Å². The van der Waals surface area contributed by atoms with E-state index in [0.29, 0.717) is 17.8 Å². The fourth-order valence-corrected chi connectivity index (χ4v) is 4.66. The molecule has 1 aliphatic heterocycles. The maximum atomic E-state index is 11.9. The Morgan fingerprint density at radius 1 is 1.26 bits per heavy atom. The molecule has 158 valence electrons. The number of ether oxygens (including phenoxy) is 2. The number of thiophene rings is 1. The quantitative estimate of drug-likeness (QED) is 0.460. The van der Waals surface area contributed by atoms with Crippen molar-refractivity contribution in [2.45, 2.75) is 25.5 Å². The van der Waals surface area contributed by atoms with Crippen molar-refractivity contribution < 1.29 is 19.4 Å². The Morgan fingerprint density at radius 3 is 2.74 bits per heavy atom. The lowest BCUT2D eigenvalue weighted by molar-refractivity contribution is -0.0589. The molecule has 1 unspecified atom stereocenters. The van der Waals surface area contributed by atoms with E-state index in [1.54, 1.807) is 12.1 Å². The summed E-state index contributed by atoms with van der Waals surface area (Å²) in [6, 6.07) is 15.2. The summed E-state index contributed by atoms with van der Waals surface area (Å²) in [5.74, 6) is 0.608. The summed E-state index contributed by atoms with van der Waals surface area (Å²) in [4.78, 5) is 22.3. The lowest BCUT2D eigenvalue weighted by Gasteiger charge is -2.27. The number of rotatable bonds is 6. The van der Waals surface area contributed by atoms with Gasteiger partial charge in [0, 0.05) is 24.7 Å². The molecule has 4 aromatic rings. The van der Waals surface area contributed by atoms with E-state index in [9.17, 15) is 9.90 Å². The number of carbonyl (C=O) groups excluding carboxylic acids is 1. The number of carbonyl (C=O) groups is 1. The highest BCUT2D eigenvalue weighted by molar-refractivity contribution is 7.20. The van der Waals surface area contributed by atoms with Crippen LogP contribution in [0.5, 0.6) is 5.88 Å². The molecular weight excluding hydrogens is 414 g/mol. The van der Waals surface area contributed by atoms with Crippen LogP contribution in [-0.2, 0) is 22.4 Å². The average molecular weight is 436 g/mol. The van der Waals surface area contributed by atoms with E-state index < -0.39 is 0 Å². The van der Waals surface area contributed by atoms with Gasteiger partial charge in [0.1, 0.15) is 15.5 Å². The number of imidazole rings is 1. The van der Waals surface area contributed by atoms with Gasteiger partial charge in [0.2, 0.25) is 5.88 Å². The minimum Gasteiger partial charge on any atom is -0.493 e. The van der Waals surface area contributed by atoms with Gasteiger partial charge in [0.25, 0.3) is 0 Å². The van der Waals surface area contributed by atoms with E-state index in [-0.39, 0.29) is 18.0 Å². The number of hydrogen-bond acceptors (Lipinski definition) is 7. The fourth-order valence-electron chi connectivity index (χ4n) is 3.69. The number of hydrogen-bond donors (Lipinski definition) is 1. The Bertz CT molecular complexity index is 1240. The van der Waals surface area contributed by atoms with Crippen molar-refractivity contribution in [3.05, 3.63) is 64.8 Å². The van der Waals surface area contributed by atoms with Crippen molar-refractivity contribution in [1.29, 1.82) is 0 Å². The molecular formula is C23H21N3O4S. The van der Waals surface area contributed by atoms with Gasteiger partial charge in [-0.3, -0.25) is 0 Å². The molecule has 1 fully saturated rings. The molecule has 0 saturated carbocycles. The van der Waals surface area contributed by atoms with Crippen LogP contribution in [0, 0.1) is 0 Å². The molecule has 5 rings (SSSR count). The molecule has 0 aliphatic carbocycles. The number of aromatic nitrogens is 3. The zero-order chi connectivity index (χ0) is 21.4. The number of aromatic hydroxyl groups is 1. The van der Waals surface area contributed by atoms with Crippen molar-refractivity contribution in [3.8, 4) is 17.1 Å². The van der Waals surface area contributed by atoms with Gasteiger partial charge >= 0.3 is 5.97 Å². The molecule has 7 nitrogen and oxygen atoms in total. The lowest BCUT2D eigenvalue weighted by Crippen LogP contribution is -2.31. The number of esters is 1. The van der Waals surface area contributed by atoms with Gasteiger partial charge in [-0.15, -0.1) is 11.3 Å². The number of nitrogens with zero attached hydrogens (tertiary/aromatic N) is 3. The summed E-state index contributed by atoms with van der Waals surface area (Å²) < 4.78 is 12.7. The van der Waals surface area contributed by atoms with E-state index in [1.165, 1.54) is 18.4 Å². The molecule has 31 heavy (non-hydrogen) atoms. The van der Waals surface area contributed by atoms with Crippen molar-refractivity contribution in [1.82, 2.24) is 14.5 Å². The van der Waals surface area contributed by atoms with Gasteiger partial charge in [0.15, 0.2) is 0 Å². The van der Waals surface area contributed by atoms with Crippen LogP contribution in [0.15, 0.2) is 48.5 Å². The first-order valence-corrected chi connectivity index (χ1v) is 10.9. The van der Waals surface area contributed by atoms with E-state index >= 15 is 0 Å². The second-order valence-corrected chi connectivity index (χ2v) is 8.50. The smallest absolute Gasteiger partial charge is 0.348 e. The van der Waals surface area contributed by atoms with Crippen molar-refractivity contribution in [2.75, 3.05) is 13.7 Å². The maximum Gasteiger partial charge on any atom is 0.348 e. The van der Waals surface area contributed by atoms with Crippen LogP contribution in [0.3, 0.4) is 0 Å². The molecule has 0 bridgehead atoms. The molecule has 0 spiro atoms. The first-order valence-electron chi connectivity index (χ1n) is 10.0. The van der Waals surface area contributed by atoms with Crippen LogP contribution in [0.4, 0.5) is 0 Å². The topological polar surface area (TPSA) is 86.5 Å². The van der Waals surface area contributed by atoms with Crippen LogP contribution in [0.2, 0.25) is 0 Å². The largest absolute Gasteiger partial charge is 0.493 e. The third-order valence-electron chi connectivity index (χ3n) is 5.44. The highest BCUT2D eigenvalue weighted by atomic mass is 32.1. The lowest BCUT2D eigenvalue weighted by atomic mass is 10.1. The van der Waals surface area contributed by atoms with Crippen LogP contribution in [-0.4, -0.2) is 45.4 Å². The minimum atomic E-state index is -0.341. The van der Waals surface area contributed by atoms with Crippen LogP contribution in [0.25, 0.3) is 21.6 Å². The average Bonchev–Trinajstić information content (AvgIpc) is 3.29. The monoisotopic (exact) mass is 435 g/mol. The van der Waals surface area contributed by atoms with E-state index in [4.69, 9.17) is 14.5 Å². The first kappa shape index (κ1) is 19.7. The Balaban J connectivity index is 1.44. The third-order valence-corrected chi connectivity index (χ3v) is 6.44. The SMILES string of the molecule is COC(=O)c1cc2c(nc(Cc3ccc(-c4cccc(O)n4)cc3)n2CC2CCO2)s1. The second-order valence-electron chi connectivity index (χ2n) is 7.47. The predicted molar refractivity (Wildman–Crippen MR) is 117 cm³/mol. The molecule has 8 heteroatoms. The highest BCUT2D eigenvalue weighted by Gasteiger charge is 2.24. The Kier molecular flexibility index (Phi) is 5.17. The van der Waals surface area contributed by atoms with E-state index in [1.807, 2.05) is 36.4 Å². The summed E-state index contributed by atoms with van der Waals surface area (Å²) in [5, 5.41) is 9.61. The van der Waals surface area contributed by atoms with Gasteiger partial charge in [0.05, 0.1) is 31.0 Å². The van der Waals surface area contributed by atoms with Crippen LogP contribution in [0.1, 0.15) is 27.5 Å². The van der Waals surface area contributed by atoms with Crippen LogP contribution < -0.4 is 0 Å². The Morgan fingerprint density at radius 2 is 2.06 bits per heavy atom. The summed E-state index contributed by atoms with van der Waals surface area (Å²) in [6.45, 7) is 1.51. The molecule has 4 heterocycles. The van der Waals surface area contributed by atoms with Gasteiger partial charge in [-0.25, -0.2) is 14.8 Å². The molecule has 1 atom stereocenters. The normalized spacial score (nSPS) is 15.7.